The molecule has 8 heteroatoms. The summed E-state index contributed by atoms with van der Waals surface area (Å²) < 4.78 is 39.2. The minimum absolute atomic E-state index is 0.102. The molecule has 0 aliphatic rings. The first-order valence-corrected chi connectivity index (χ1v) is 8.18. The normalized spacial score (nSPS) is 11.0. The van der Waals surface area contributed by atoms with Crippen molar-refractivity contribution in [2.75, 3.05) is 11.1 Å². The molecule has 4 nitrogen and oxygen atoms in total. The molecule has 1 heterocycles. The van der Waals surface area contributed by atoms with E-state index in [-0.39, 0.29) is 22.4 Å². The molecule has 0 atom stereocenters. The summed E-state index contributed by atoms with van der Waals surface area (Å²) in [5, 5.41) is 11.7. The zero-order chi connectivity index (χ0) is 18.6. The molecule has 0 saturated heterocycles. The van der Waals surface area contributed by atoms with Gasteiger partial charge in [0.15, 0.2) is 0 Å². The maximum Gasteiger partial charge on any atom is 0.417 e. The van der Waals surface area contributed by atoms with Crippen molar-refractivity contribution in [2.45, 2.75) is 25.0 Å². The van der Waals surface area contributed by atoms with E-state index in [0.29, 0.717) is 5.69 Å². The van der Waals surface area contributed by atoms with Crippen LogP contribution < -0.4 is 5.32 Å². The third-order valence-electron chi connectivity index (χ3n) is 3.29. The van der Waals surface area contributed by atoms with Crippen molar-refractivity contribution in [1.29, 1.82) is 5.26 Å². The van der Waals surface area contributed by atoms with Crippen LogP contribution in [0.5, 0.6) is 0 Å². The smallest absolute Gasteiger partial charge is 0.325 e. The van der Waals surface area contributed by atoms with E-state index in [9.17, 15) is 18.0 Å². The van der Waals surface area contributed by atoms with Crippen LogP contribution in [0.15, 0.2) is 35.4 Å². The molecule has 1 aromatic heterocycles. The van der Waals surface area contributed by atoms with Gasteiger partial charge in [0.25, 0.3) is 0 Å². The quantitative estimate of drug-likeness (QED) is 0.820. The number of nitriles is 1. The van der Waals surface area contributed by atoms with Crippen LogP contribution in [-0.2, 0) is 11.0 Å². The Morgan fingerprint density at radius 3 is 2.60 bits per heavy atom. The zero-order valence-electron chi connectivity index (χ0n) is 13.4. The Bertz CT molecular complexity index is 844. The lowest BCUT2D eigenvalue weighted by molar-refractivity contribution is -0.138. The van der Waals surface area contributed by atoms with Gasteiger partial charge in [-0.15, -0.1) is 0 Å². The number of carbonyl (C=O) groups is 1. The second-order valence-electron chi connectivity index (χ2n) is 5.25. The highest BCUT2D eigenvalue weighted by Gasteiger charge is 2.35. The van der Waals surface area contributed by atoms with Crippen molar-refractivity contribution in [3.63, 3.8) is 0 Å². The van der Waals surface area contributed by atoms with Gasteiger partial charge >= 0.3 is 6.18 Å². The van der Waals surface area contributed by atoms with Crippen LogP contribution in [0, 0.1) is 25.2 Å². The molecule has 0 bridgehead atoms. The molecule has 1 amide bonds. The summed E-state index contributed by atoms with van der Waals surface area (Å²) >= 11 is 0.804. The number of halogens is 3. The Labute approximate surface area is 147 Å². The first-order valence-electron chi connectivity index (χ1n) is 7.19. The molecule has 2 aromatic rings. The molecule has 0 spiro atoms. The third kappa shape index (κ3) is 4.73. The van der Waals surface area contributed by atoms with Gasteiger partial charge in [-0.2, -0.15) is 18.4 Å². The van der Waals surface area contributed by atoms with E-state index in [1.54, 1.807) is 18.2 Å². The van der Waals surface area contributed by atoms with Crippen LogP contribution in [-0.4, -0.2) is 16.6 Å². The van der Waals surface area contributed by atoms with E-state index in [4.69, 9.17) is 5.26 Å². The van der Waals surface area contributed by atoms with Gasteiger partial charge in [-0.1, -0.05) is 30.0 Å². The van der Waals surface area contributed by atoms with Gasteiger partial charge in [0.05, 0.1) is 16.9 Å². The highest BCUT2D eigenvalue weighted by Crippen LogP contribution is 2.35. The molecule has 1 aromatic carbocycles. The number of amides is 1. The number of carbonyl (C=O) groups excluding carboxylic acids is 1. The lowest BCUT2D eigenvalue weighted by Crippen LogP contribution is -2.16. The van der Waals surface area contributed by atoms with Gasteiger partial charge in [-0.3, -0.25) is 4.79 Å². The summed E-state index contributed by atoms with van der Waals surface area (Å²) in [6.07, 6.45) is -4.66. The number of aromatic nitrogens is 1. The number of nitrogens with zero attached hydrogens (tertiary/aromatic N) is 2. The summed E-state index contributed by atoms with van der Waals surface area (Å²) in [4.78, 5) is 16.0. The number of hydrogen-bond donors (Lipinski definition) is 1. The summed E-state index contributed by atoms with van der Waals surface area (Å²) in [5.74, 6) is -0.545. The molecule has 130 valence electrons. The first-order chi connectivity index (χ1) is 11.7. The fraction of sp³-hybridized carbons (Fsp3) is 0.235. The van der Waals surface area contributed by atoms with E-state index in [2.05, 4.69) is 10.3 Å². The van der Waals surface area contributed by atoms with Crippen molar-refractivity contribution in [3.8, 4) is 6.07 Å². The van der Waals surface area contributed by atoms with Crippen molar-refractivity contribution in [1.82, 2.24) is 4.98 Å². The van der Waals surface area contributed by atoms with Gasteiger partial charge in [-0.05, 0) is 31.5 Å². The average Bonchev–Trinajstić information content (AvgIpc) is 2.53. The van der Waals surface area contributed by atoms with Crippen LogP contribution in [0.3, 0.4) is 0 Å². The van der Waals surface area contributed by atoms with Crippen LogP contribution in [0.1, 0.15) is 22.4 Å². The molecule has 0 radical (unpaired) electrons. The topological polar surface area (TPSA) is 65.8 Å². The van der Waals surface area contributed by atoms with Crippen molar-refractivity contribution >= 4 is 23.4 Å². The number of alkyl halides is 3. The number of para-hydroxylation sites is 1. The number of thioether (sulfide) groups is 1. The first kappa shape index (κ1) is 18.8. The maximum atomic E-state index is 13.1. The van der Waals surface area contributed by atoms with Crippen molar-refractivity contribution in [2.24, 2.45) is 0 Å². The molecule has 1 N–H and O–H groups in total. The Kier molecular flexibility index (Phi) is 5.69. The zero-order valence-corrected chi connectivity index (χ0v) is 14.3. The monoisotopic (exact) mass is 365 g/mol. The predicted molar refractivity (Wildman–Crippen MR) is 89.2 cm³/mol. The second kappa shape index (κ2) is 7.57. The average molecular weight is 365 g/mol. The van der Waals surface area contributed by atoms with E-state index in [1.165, 1.54) is 6.92 Å². The summed E-state index contributed by atoms with van der Waals surface area (Å²) in [7, 11) is 0. The van der Waals surface area contributed by atoms with Crippen LogP contribution >= 0.6 is 11.8 Å². The fourth-order valence-electron chi connectivity index (χ4n) is 2.11. The van der Waals surface area contributed by atoms with Crippen molar-refractivity contribution in [3.05, 3.63) is 52.7 Å². The summed E-state index contributed by atoms with van der Waals surface area (Å²) in [6.45, 7) is 3.24. The van der Waals surface area contributed by atoms with Crippen LogP contribution in [0.4, 0.5) is 18.9 Å². The third-order valence-corrected chi connectivity index (χ3v) is 4.27. The van der Waals surface area contributed by atoms with Gasteiger partial charge in [-0.25, -0.2) is 4.98 Å². The van der Waals surface area contributed by atoms with E-state index in [0.717, 1.165) is 23.4 Å². The number of anilines is 1. The fourth-order valence-corrected chi connectivity index (χ4v) is 2.96. The number of hydrogen-bond acceptors (Lipinski definition) is 4. The molecular formula is C17H14F3N3OS. The summed E-state index contributed by atoms with van der Waals surface area (Å²) in [6, 6.07) is 9.52. The molecule has 0 fully saturated rings. The van der Waals surface area contributed by atoms with E-state index < -0.39 is 17.3 Å². The standard InChI is InChI=1S/C17H14F3N3OS/c1-10-5-3-4-6-14(10)23-15(24)9-25-16-12(8-21)13(17(18,19)20)7-11(2)22-16/h3-7H,9H2,1-2H3,(H,23,24). The number of aryl methyl sites for hydroxylation is 2. The number of pyridine rings is 1. The van der Waals surface area contributed by atoms with E-state index >= 15 is 0 Å². The molecule has 0 aliphatic heterocycles. The Balaban J connectivity index is 2.18. The van der Waals surface area contributed by atoms with Crippen LogP contribution in [0.2, 0.25) is 0 Å². The molecule has 2 rings (SSSR count). The Morgan fingerprint density at radius 2 is 2.00 bits per heavy atom. The predicted octanol–water partition coefficient (Wildman–Crippen LogP) is 4.32. The molecule has 0 saturated carbocycles. The van der Waals surface area contributed by atoms with Gasteiger partial charge in [0.1, 0.15) is 11.1 Å². The SMILES string of the molecule is Cc1cc(C(F)(F)F)c(C#N)c(SCC(=O)Nc2ccccc2C)n1. The van der Waals surface area contributed by atoms with E-state index in [1.807, 2.05) is 19.1 Å². The molecule has 25 heavy (non-hydrogen) atoms. The summed E-state index contributed by atoms with van der Waals surface area (Å²) in [5.41, 5.74) is 0.0256. The molecular weight excluding hydrogens is 351 g/mol. The van der Waals surface area contributed by atoms with Gasteiger partial charge in [0, 0.05) is 11.4 Å². The highest BCUT2D eigenvalue weighted by molar-refractivity contribution is 8.00. The molecule has 0 unspecified atom stereocenters. The Hall–Kier alpha value is -2.53. The second-order valence-corrected chi connectivity index (χ2v) is 6.22. The minimum Gasteiger partial charge on any atom is -0.325 e. The van der Waals surface area contributed by atoms with Crippen molar-refractivity contribution < 1.29 is 18.0 Å². The largest absolute Gasteiger partial charge is 0.417 e. The van der Waals surface area contributed by atoms with Gasteiger partial charge in [0.2, 0.25) is 5.91 Å². The number of benzene rings is 1. The highest BCUT2D eigenvalue weighted by atomic mass is 32.2. The Morgan fingerprint density at radius 1 is 1.32 bits per heavy atom. The molecule has 0 aliphatic carbocycles. The maximum absolute atomic E-state index is 13.1. The van der Waals surface area contributed by atoms with Gasteiger partial charge < -0.3 is 5.32 Å². The minimum atomic E-state index is -4.66. The lowest BCUT2D eigenvalue weighted by atomic mass is 10.1. The number of nitrogens with one attached hydrogen (secondary N) is 1. The number of rotatable bonds is 4. The van der Waals surface area contributed by atoms with Crippen LogP contribution in [0.25, 0.3) is 0 Å². The lowest BCUT2D eigenvalue weighted by Gasteiger charge is -2.13.